The molecule has 0 bridgehead atoms. The number of thiophene rings is 2. The van der Waals surface area contributed by atoms with E-state index in [0.29, 0.717) is 6.42 Å². The van der Waals surface area contributed by atoms with Gasteiger partial charge < -0.3 is 5.32 Å². The van der Waals surface area contributed by atoms with Crippen LogP contribution in [0.4, 0.5) is 5.69 Å². The quantitative estimate of drug-likeness (QED) is 0.378. The van der Waals surface area contributed by atoms with Crippen molar-refractivity contribution in [3.05, 3.63) is 75.9 Å². The highest BCUT2D eigenvalue weighted by molar-refractivity contribution is 7.21. The predicted octanol–water partition coefficient (Wildman–Crippen LogP) is 6.62. The van der Waals surface area contributed by atoms with Crippen LogP contribution in [0.15, 0.2) is 65.4 Å². The van der Waals surface area contributed by atoms with Crippen molar-refractivity contribution in [2.75, 3.05) is 5.32 Å². The highest BCUT2D eigenvalue weighted by Crippen LogP contribution is 2.52. The highest BCUT2D eigenvalue weighted by atomic mass is 32.1. The molecule has 2 aliphatic rings. The third kappa shape index (κ3) is 3.05. The van der Waals surface area contributed by atoms with Gasteiger partial charge in [0, 0.05) is 56.0 Å². The van der Waals surface area contributed by atoms with E-state index in [-0.39, 0.29) is 17.1 Å². The topological polar surface area (TPSA) is 54.9 Å². The number of Topliss-reactive ketones (excluding diaryl/α,β-unsaturated/α-hetero) is 1. The largest absolute Gasteiger partial charge is 0.358 e. The Hall–Kier alpha value is -2.83. The Balaban J connectivity index is 1.60. The second-order valence-corrected chi connectivity index (χ2v) is 11.1. The van der Waals surface area contributed by atoms with Crippen molar-refractivity contribution in [1.82, 2.24) is 9.97 Å². The monoisotopic (exact) mass is 443 g/mol. The third-order valence-electron chi connectivity index (χ3n) is 6.14. The molecule has 1 aliphatic carbocycles. The van der Waals surface area contributed by atoms with Gasteiger partial charge in [0.05, 0.1) is 17.0 Å². The Kier molecular flexibility index (Phi) is 4.17. The van der Waals surface area contributed by atoms with Gasteiger partial charge in [-0.2, -0.15) is 0 Å². The van der Waals surface area contributed by atoms with E-state index in [0.717, 1.165) is 40.0 Å². The fourth-order valence-electron chi connectivity index (χ4n) is 4.89. The molecule has 0 saturated heterocycles. The van der Waals surface area contributed by atoms with E-state index < -0.39 is 0 Å². The molecule has 6 rings (SSSR count). The molecule has 0 radical (unpaired) electrons. The Morgan fingerprint density at radius 1 is 1.03 bits per heavy atom. The lowest BCUT2D eigenvalue weighted by atomic mass is 9.70. The first-order chi connectivity index (χ1) is 15.0. The van der Waals surface area contributed by atoms with E-state index in [4.69, 9.17) is 0 Å². The summed E-state index contributed by atoms with van der Waals surface area (Å²) in [7, 11) is 0. The third-order valence-corrected chi connectivity index (χ3v) is 8.35. The first-order valence-corrected chi connectivity index (χ1v) is 12.1. The molecule has 3 aromatic heterocycles. The molecule has 4 heterocycles. The van der Waals surface area contributed by atoms with Crippen LogP contribution in [-0.2, 0) is 4.79 Å². The Bertz CT molecular complexity index is 1360. The molecule has 0 amide bonds. The average molecular weight is 444 g/mol. The molecule has 0 spiro atoms. The molecule has 31 heavy (non-hydrogen) atoms. The van der Waals surface area contributed by atoms with Gasteiger partial charge in [0.25, 0.3) is 0 Å². The molecular weight excluding hydrogens is 422 g/mol. The Morgan fingerprint density at radius 2 is 1.90 bits per heavy atom. The predicted molar refractivity (Wildman–Crippen MR) is 128 cm³/mol. The van der Waals surface area contributed by atoms with Crippen LogP contribution in [0, 0.1) is 5.41 Å². The minimum absolute atomic E-state index is 0.0425. The summed E-state index contributed by atoms with van der Waals surface area (Å²) in [4.78, 5) is 26.4. The summed E-state index contributed by atoms with van der Waals surface area (Å²) in [5.74, 6) is 0.121. The zero-order chi connectivity index (χ0) is 21.2. The number of hydrogen-bond donors (Lipinski definition) is 1. The smallest absolute Gasteiger partial charge is 0.162 e. The molecule has 1 unspecified atom stereocenters. The summed E-state index contributed by atoms with van der Waals surface area (Å²) < 4.78 is 0. The number of rotatable bonds is 2. The minimum atomic E-state index is -0.117. The summed E-state index contributed by atoms with van der Waals surface area (Å²) in [6, 6.07) is 12.7. The van der Waals surface area contributed by atoms with E-state index in [2.05, 4.69) is 64.8 Å². The normalized spacial score (nSPS) is 19.8. The number of allylic oxidation sites excluding steroid dienone is 2. The summed E-state index contributed by atoms with van der Waals surface area (Å²) in [5, 5.41) is 5.71. The molecule has 0 fully saturated rings. The standard InChI is InChI=1S/C25H21N3OS2/c1-25(2)12-16-21(17(29)13-25)23(20-8-7-19(31-20)18-4-3-11-30-18)22-14(28-16)5-6-15-24(22)27-10-9-26-15/h3-11,23,28H,12-13H2,1-2H3. The van der Waals surface area contributed by atoms with Gasteiger partial charge in [-0.1, -0.05) is 19.9 Å². The number of nitrogens with zero attached hydrogens (tertiary/aromatic N) is 2. The first kappa shape index (κ1) is 18.9. The van der Waals surface area contributed by atoms with Crippen molar-refractivity contribution < 1.29 is 4.79 Å². The van der Waals surface area contributed by atoms with Crippen molar-refractivity contribution in [2.45, 2.75) is 32.6 Å². The highest BCUT2D eigenvalue weighted by Gasteiger charge is 2.42. The van der Waals surface area contributed by atoms with Crippen LogP contribution in [0.5, 0.6) is 0 Å². The molecule has 4 nitrogen and oxygen atoms in total. The second-order valence-electron chi connectivity index (χ2n) is 9.02. The average Bonchev–Trinajstić information content (AvgIpc) is 3.43. The summed E-state index contributed by atoms with van der Waals surface area (Å²) in [5.41, 5.74) is 5.76. The van der Waals surface area contributed by atoms with E-state index in [1.54, 1.807) is 35.1 Å². The fourth-order valence-corrected chi connectivity index (χ4v) is 6.85. The summed E-state index contributed by atoms with van der Waals surface area (Å²) in [6.07, 6.45) is 4.89. The number of carbonyl (C=O) groups is 1. The molecule has 154 valence electrons. The van der Waals surface area contributed by atoms with Gasteiger partial charge >= 0.3 is 0 Å². The Morgan fingerprint density at radius 3 is 2.74 bits per heavy atom. The number of aromatic nitrogens is 2. The van der Waals surface area contributed by atoms with Crippen molar-refractivity contribution in [3.63, 3.8) is 0 Å². The van der Waals surface area contributed by atoms with Gasteiger partial charge in [-0.15, -0.1) is 22.7 Å². The number of nitrogens with one attached hydrogen (secondary N) is 1. The van der Waals surface area contributed by atoms with Gasteiger partial charge in [-0.25, -0.2) is 0 Å². The van der Waals surface area contributed by atoms with Crippen molar-refractivity contribution >= 4 is 45.2 Å². The van der Waals surface area contributed by atoms with Crippen molar-refractivity contribution in [2.24, 2.45) is 5.41 Å². The van der Waals surface area contributed by atoms with E-state index in [1.807, 2.05) is 6.07 Å². The number of benzene rings is 1. The van der Waals surface area contributed by atoms with Crippen LogP contribution in [0.2, 0.25) is 0 Å². The van der Waals surface area contributed by atoms with Gasteiger partial charge in [0.1, 0.15) is 0 Å². The SMILES string of the molecule is CC1(C)CC(=O)C2=C(C1)Nc1ccc3nccnc3c1C2c1ccc(-c2cccs2)s1. The minimum Gasteiger partial charge on any atom is -0.358 e. The van der Waals surface area contributed by atoms with Gasteiger partial charge in [0.15, 0.2) is 5.78 Å². The molecule has 1 aliphatic heterocycles. The fraction of sp³-hybridized carbons (Fsp3) is 0.240. The van der Waals surface area contributed by atoms with Crippen LogP contribution >= 0.6 is 22.7 Å². The van der Waals surface area contributed by atoms with Gasteiger partial charge in [0.2, 0.25) is 0 Å². The maximum absolute atomic E-state index is 13.5. The zero-order valence-electron chi connectivity index (χ0n) is 17.3. The van der Waals surface area contributed by atoms with Crippen molar-refractivity contribution in [1.29, 1.82) is 0 Å². The first-order valence-electron chi connectivity index (χ1n) is 10.4. The van der Waals surface area contributed by atoms with E-state index in [9.17, 15) is 4.79 Å². The van der Waals surface area contributed by atoms with Crippen LogP contribution in [0.25, 0.3) is 20.8 Å². The molecule has 4 aromatic rings. The van der Waals surface area contributed by atoms with Crippen LogP contribution in [0.1, 0.15) is 43.0 Å². The number of ketones is 1. The lowest BCUT2D eigenvalue weighted by Crippen LogP contribution is -2.33. The molecule has 0 saturated carbocycles. The van der Waals surface area contributed by atoms with Crippen LogP contribution < -0.4 is 5.32 Å². The Labute approximate surface area is 188 Å². The number of anilines is 1. The number of carbonyl (C=O) groups excluding carboxylic acids is 1. The summed E-state index contributed by atoms with van der Waals surface area (Å²) >= 11 is 3.52. The van der Waals surface area contributed by atoms with Crippen molar-refractivity contribution in [3.8, 4) is 9.75 Å². The van der Waals surface area contributed by atoms with Crippen LogP contribution in [0.3, 0.4) is 0 Å². The molecule has 6 heteroatoms. The van der Waals surface area contributed by atoms with Crippen LogP contribution in [-0.4, -0.2) is 15.8 Å². The molecule has 1 atom stereocenters. The summed E-state index contributed by atoms with van der Waals surface area (Å²) in [6.45, 7) is 4.35. The van der Waals surface area contributed by atoms with E-state index >= 15 is 0 Å². The number of hydrogen-bond acceptors (Lipinski definition) is 6. The maximum atomic E-state index is 13.5. The van der Waals surface area contributed by atoms with Gasteiger partial charge in [-0.3, -0.25) is 14.8 Å². The molecule has 1 aromatic carbocycles. The van der Waals surface area contributed by atoms with Gasteiger partial charge in [-0.05, 0) is 47.5 Å². The molecular formula is C25H21N3OS2. The maximum Gasteiger partial charge on any atom is 0.162 e. The molecule has 1 N–H and O–H groups in total. The lowest BCUT2D eigenvalue weighted by molar-refractivity contribution is -0.118. The van der Waals surface area contributed by atoms with E-state index in [1.165, 1.54) is 14.6 Å². The zero-order valence-corrected chi connectivity index (χ0v) is 18.9. The second kappa shape index (κ2) is 6.84. The lowest BCUT2D eigenvalue weighted by Gasteiger charge is -2.39. The number of fused-ring (bicyclic) bond motifs is 3.